The average Bonchev–Trinajstić information content (AvgIpc) is 2.38. The Bertz CT molecular complexity index is 348. The minimum absolute atomic E-state index is 0.136. The van der Waals surface area contributed by atoms with E-state index in [0.29, 0.717) is 12.5 Å². The summed E-state index contributed by atoms with van der Waals surface area (Å²) in [5.41, 5.74) is 0.973. The second-order valence-corrected chi connectivity index (χ2v) is 4.41. The molecule has 1 fully saturated rings. The lowest BCUT2D eigenvalue weighted by atomic mass is 9.95. The number of aromatic nitrogens is 1. The van der Waals surface area contributed by atoms with Gasteiger partial charge < -0.3 is 14.6 Å². The van der Waals surface area contributed by atoms with Gasteiger partial charge in [-0.05, 0) is 37.8 Å². The van der Waals surface area contributed by atoms with Crippen molar-refractivity contribution in [1.29, 1.82) is 0 Å². The number of methoxy groups -OCH3 is 1. The van der Waals surface area contributed by atoms with E-state index in [1.807, 2.05) is 12.1 Å². The molecule has 4 heteroatoms. The highest BCUT2D eigenvalue weighted by molar-refractivity contribution is 5.24. The highest BCUT2D eigenvalue weighted by Crippen LogP contribution is 2.23. The smallest absolute Gasteiger partial charge is 0.218 e. The van der Waals surface area contributed by atoms with Gasteiger partial charge in [0.25, 0.3) is 0 Å². The average molecular weight is 237 g/mol. The molecular formula is C13H19NO3. The molecule has 0 radical (unpaired) electrons. The predicted molar refractivity (Wildman–Crippen MR) is 63.8 cm³/mol. The second-order valence-electron chi connectivity index (χ2n) is 4.41. The van der Waals surface area contributed by atoms with Gasteiger partial charge in [0.15, 0.2) is 0 Å². The number of rotatable bonds is 4. The molecule has 1 heterocycles. The third-order valence-electron chi connectivity index (χ3n) is 3.16. The Labute approximate surface area is 102 Å². The quantitative estimate of drug-likeness (QED) is 0.869. The van der Waals surface area contributed by atoms with Crippen LogP contribution >= 0.6 is 0 Å². The normalized spacial score (nSPS) is 24.6. The lowest BCUT2D eigenvalue weighted by Crippen LogP contribution is -2.24. The lowest BCUT2D eigenvalue weighted by molar-refractivity contribution is -0.0125. The van der Waals surface area contributed by atoms with Gasteiger partial charge in [-0.2, -0.15) is 0 Å². The molecule has 94 valence electrons. The molecule has 1 aliphatic carbocycles. The fourth-order valence-electron chi connectivity index (χ4n) is 2.14. The molecule has 0 amide bonds. The van der Waals surface area contributed by atoms with E-state index in [1.54, 1.807) is 13.3 Å². The zero-order valence-electron chi connectivity index (χ0n) is 10.1. The van der Waals surface area contributed by atoms with E-state index in [-0.39, 0.29) is 12.2 Å². The first-order valence-corrected chi connectivity index (χ1v) is 6.07. The Balaban J connectivity index is 1.85. The molecule has 1 aromatic rings. The van der Waals surface area contributed by atoms with Gasteiger partial charge >= 0.3 is 0 Å². The van der Waals surface area contributed by atoms with Crippen molar-refractivity contribution in [3.8, 4) is 5.88 Å². The van der Waals surface area contributed by atoms with Crippen LogP contribution in [0.2, 0.25) is 0 Å². The van der Waals surface area contributed by atoms with Crippen LogP contribution in [0.3, 0.4) is 0 Å². The molecule has 0 aliphatic heterocycles. The fourth-order valence-corrected chi connectivity index (χ4v) is 2.14. The van der Waals surface area contributed by atoms with E-state index >= 15 is 0 Å². The number of pyridine rings is 1. The summed E-state index contributed by atoms with van der Waals surface area (Å²) in [5.74, 6) is 0.628. The lowest BCUT2D eigenvalue weighted by Gasteiger charge is -2.25. The van der Waals surface area contributed by atoms with E-state index in [9.17, 15) is 5.11 Å². The van der Waals surface area contributed by atoms with Crippen molar-refractivity contribution in [3.63, 3.8) is 0 Å². The van der Waals surface area contributed by atoms with Crippen LogP contribution in [0, 0.1) is 0 Å². The molecular weight excluding hydrogens is 218 g/mol. The van der Waals surface area contributed by atoms with Gasteiger partial charge in [0.2, 0.25) is 5.88 Å². The summed E-state index contributed by atoms with van der Waals surface area (Å²) in [6, 6.07) is 3.84. The first kappa shape index (κ1) is 12.3. The molecule has 0 atom stereocenters. The maximum absolute atomic E-state index is 9.41. The summed E-state index contributed by atoms with van der Waals surface area (Å²) in [6.45, 7) is 0.526. The third-order valence-corrected chi connectivity index (χ3v) is 3.16. The van der Waals surface area contributed by atoms with Crippen molar-refractivity contribution < 1.29 is 14.6 Å². The molecule has 0 unspecified atom stereocenters. The van der Waals surface area contributed by atoms with Crippen LogP contribution in [-0.2, 0) is 11.3 Å². The van der Waals surface area contributed by atoms with Crippen LogP contribution < -0.4 is 4.74 Å². The summed E-state index contributed by atoms with van der Waals surface area (Å²) in [6.07, 6.45) is 5.38. The molecule has 0 aromatic carbocycles. The van der Waals surface area contributed by atoms with Crippen LogP contribution in [0.15, 0.2) is 18.3 Å². The van der Waals surface area contributed by atoms with Gasteiger partial charge in [0.05, 0.1) is 25.9 Å². The first-order valence-electron chi connectivity index (χ1n) is 6.07. The van der Waals surface area contributed by atoms with Crippen LogP contribution in [0.25, 0.3) is 0 Å². The molecule has 0 saturated heterocycles. The SMILES string of the molecule is COc1ncccc1COC1CCC(O)CC1. The number of ether oxygens (including phenoxy) is 2. The second kappa shape index (κ2) is 5.98. The maximum atomic E-state index is 9.41. The third kappa shape index (κ3) is 3.41. The van der Waals surface area contributed by atoms with Gasteiger partial charge in [0, 0.05) is 11.8 Å². The van der Waals surface area contributed by atoms with Gasteiger partial charge in [-0.1, -0.05) is 0 Å². The van der Waals surface area contributed by atoms with Crippen molar-refractivity contribution >= 4 is 0 Å². The maximum Gasteiger partial charge on any atom is 0.218 e. The molecule has 2 rings (SSSR count). The van der Waals surface area contributed by atoms with Gasteiger partial charge in [-0.3, -0.25) is 0 Å². The molecule has 0 spiro atoms. The summed E-state index contributed by atoms with van der Waals surface area (Å²) < 4.78 is 11.0. The van der Waals surface area contributed by atoms with E-state index in [0.717, 1.165) is 31.2 Å². The van der Waals surface area contributed by atoms with Gasteiger partial charge in [-0.25, -0.2) is 4.98 Å². The largest absolute Gasteiger partial charge is 0.481 e. The monoisotopic (exact) mass is 237 g/mol. The van der Waals surface area contributed by atoms with Crippen molar-refractivity contribution in [2.75, 3.05) is 7.11 Å². The molecule has 17 heavy (non-hydrogen) atoms. The molecule has 1 aromatic heterocycles. The standard InChI is InChI=1S/C13H19NO3/c1-16-13-10(3-2-8-14-13)9-17-12-6-4-11(15)5-7-12/h2-3,8,11-12,15H,4-7,9H2,1H3. The van der Waals surface area contributed by atoms with Crippen LogP contribution in [0.1, 0.15) is 31.2 Å². The Morgan fingerprint density at radius 1 is 1.35 bits per heavy atom. The molecule has 4 nitrogen and oxygen atoms in total. The molecule has 1 aliphatic rings. The Morgan fingerprint density at radius 3 is 2.82 bits per heavy atom. The molecule has 1 saturated carbocycles. The van der Waals surface area contributed by atoms with Crippen molar-refractivity contribution in [2.45, 2.75) is 44.5 Å². The van der Waals surface area contributed by atoms with Gasteiger partial charge in [-0.15, -0.1) is 0 Å². The molecule has 1 N–H and O–H groups in total. The van der Waals surface area contributed by atoms with Crippen molar-refractivity contribution in [3.05, 3.63) is 23.9 Å². The van der Waals surface area contributed by atoms with Crippen molar-refractivity contribution in [1.82, 2.24) is 4.98 Å². The summed E-state index contributed by atoms with van der Waals surface area (Å²) in [7, 11) is 1.61. The summed E-state index contributed by atoms with van der Waals surface area (Å²) >= 11 is 0. The highest BCUT2D eigenvalue weighted by Gasteiger charge is 2.20. The number of aliphatic hydroxyl groups is 1. The highest BCUT2D eigenvalue weighted by atomic mass is 16.5. The zero-order valence-corrected chi connectivity index (χ0v) is 10.1. The minimum Gasteiger partial charge on any atom is -0.481 e. The van der Waals surface area contributed by atoms with Crippen LogP contribution in [0.5, 0.6) is 5.88 Å². The number of nitrogens with zero attached hydrogens (tertiary/aromatic N) is 1. The Morgan fingerprint density at radius 2 is 2.12 bits per heavy atom. The summed E-state index contributed by atoms with van der Waals surface area (Å²) in [4.78, 5) is 4.13. The van der Waals surface area contributed by atoms with Crippen molar-refractivity contribution in [2.24, 2.45) is 0 Å². The fraction of sp³-hybridized carbons (Fsp3) is 0.615. The van der Waals surface area contributed by atoms with Gasteiger partial charge in [0.1, 0.15) is 0 Å². The van der Waals surface area contributed by atoms with E-state index < -0.39 is 0 Å². The predicted octanol–water partition coefficient (Wildman–Crippen LogP) is 1.91. The minimum atomic E-state index is -0.136. The van der Waals surface area contributed by atoms with Crippen LogP contribution in [-0.4, -0.2) is 29.4 Å². The van der Waals surface area contributed by atoms with E-state index in [1.165, 1.54) is 0 Å². The topological polar surface area (TPSA) is 51.6 Å². The van der Waals surface area contributed by atoms with E-state index in [4.69, 9.17) is 9.47 Å². The number of aliphatic hydroxyl groups excluding tert-OH is 1. The van der Waals surface area contributed by atoms with E-state index in [2.05, 4.69) is 4.98 Å². The summed E-state index contributed by atoms with van der Waals surface area (Å²) in [5, 5.41) is 9.41. The number of hydrogen-bond acceptors (Lipinski definition) is 4. The molecule has 0 bridgehead atoms. The number of hydrogen-bond donors (Lipinski definition) is 1. The van der Waals surface area contributed by atoms with Crippen LogP contribution in [0.4, 0.5) is 0 Å². The zero-order chi connectivity index (χ0) is 12.1. The Hall–Kier alpha value is -1.13. The first-order chi connectivity index (χ1) is 8.29. The Kier molecular flexibility index (Phi) is 4.34.